The van der Waals surface area contributed by atoms with Gasteiger partial charge in [-0.05, 0) is 36.5 Å². The van der Waals surface area contributed by atoms with E-state index in [1.54, 1.807) is 11.0 Å². The number of aromatic nitrogens is 2. The van der Waals surface area contributed by atoms with Crippen molar-refractivity contribution in [3.8, 4) is 0 Å². The molecule has 1 aromatic carbocycles. The molecule has 0 bridgehead atoms. The Labute approximate surface area is 152 Å². The average Bonchev–Trinajstić information content (AvgIpc) is 3.32. The summed E-state index contributed by atoms with van der Waals surface area (Å²) in [4.78, 5) is 26.2. The van der Waals surface area contributed by atoms with Crippen molar-refractivity contribution >= 4 is 11.9 Å². The smallest absolute Gasteiger partial charge is 0.305 e. The maximum Gasteiger partial charge on any atom is 0.305 e. The zero-order valence-electron chi connectivity index (χ0n) is 14.7. The zero-order chi connectivity index (χ0) is 18.1. The number of carbonyl (C=O) groups is 2. The minimum atomic E-state index is -0.902. The van der Waals surface area contributed by atoms with Gasteiger partial charge in [0.05, 0.1) is 18.5 Å². The quantitative estimate of drug-likeness (QED) is 0.916. The highest BCUT2D eigenvalue weighted by atomic mass is 16.4. The van der Waals surface area contributed by atoms with E-state index in [1.807, 2.05) is 35.1 Å². The molecule has 0 radical (unpaired) electrons. The van der Waals surface area contributed by atoms with Crippen molar-refractivity contribution in [2.45, 2.75) is 50.6 Å². The molecule has 1 saturated carbocycles. The van der Waals surface area contributed by atoms with Crippen LogP contribution in [0.25, 0.3) is 0 Å². The highest BCUT2D eigenvalue weighted by Crippen LogP contribution is 2.34. The molecule has 1 atom stereocenters. The van der Waals surface area contributed by atoms with E-state index in [-0.39, 0.29) is 12.3 Å². The van der Waals surface area contributed by atoms with E-state index in [1.165, 1.54) is 12.8 Å². The predicted octanol–water partition coefficient (Wildman–Crippen LogP) is 3.21. The summed E-state index contributed by atoms with van der Waals surface area (Å²) >= 11 is 0. The molecule has 6 nitrogen and oxygen atoms in total. The van der Waals surface area contributed by atoms with Crippen LogP contribution in [0.5, 0.6) is 0 Å². The van der Waals surface area contributed by atoms with Crippen LogP contribution < -0.4 is 0 Å². The first-order chi connectivity index (χ1) is 12.6. The summed E-state index contributed by atoms with van der Waals surface area (Å²) in [5.74, 6) is -1.08. The molecule has 1 aromatic heterocycles. The number of amides is 1. The molecular formula is C20H23N3O3. The largest absolute Gasteiger partial charge is 0.481 e. The van der Waals surface area contributed by atoms with Crippen LogP contribution >= 0.6 is 0 Å². The number of carboxylic acids is 1. The molecule has 6 heteroatoms. The number of nitrogens with zero attached hydrogens (tertiary/aromatic N) is 3. The first-order valence-corrected chi connectivity index (χ1v) is 9.29. The predicted molar refractivity (Wildman–Crippen MR) is 95.9 cm³/mol. The van der Waals surface area contributed by atoms with Crippen LogP contribution in [0.4, 0.5) is 0 Å². The Bertz CT molecular complexity index is 823. The summed E-state index contributed by atoms with van der Waals surface area (Å²) in [7, 11) is 0. The second-order valence-electron chi connectivity index (χ2n) is 7.18. The Morgan fingerprint density at radius 1 is 1.15 bits per heavy atom. The Morgan fingerprint density at radius 3 is 2.69 bits per heavy atom. The molecule has 1 amide bonds. The molecule has 0 unspecified atom stereocenters. The average molecular weight is 353 g/mol. The van der Waals surface area contributed by atoms with Gasteiger partial charge < -0.3 is 10.0 Å². The van der Waals surface area contributed by atoms with Crippen molar-refractivity contribution in [2.75, 3.05) is 6.54 Å². The van der Waals surface area contributed by atoms with E-state index in [4.69, 9.17) is 0 Å². The molecular weight excluding hydrogens is 330 g/mol. The van der Waals surface area contributed by atoms with Gasteiger partial charge in [0.1, 0.15) is 5.69 Å². The first kappa shape index (κ1) is 16.8. The SMILES string of the molecule is O=C(O)C[C@@H]1c2ccccc2CCN1C(=O)c1ccn(C2CCCC2)n1. The third-order valence-corrected chi connectivity index (χ3v) is 5.57. The van der Waals surface area contributed by atoms with E-state index in [9.17, 15) is 14.7 Å². The van der Waals surface area contributed by atoms with Gasteiger partial charge in [0, 0.05) is 12.7 Å². The lowest BCUT2D eigenvalue weighted by Crippen LogP contribution is -2.41. The number of benzene rings is 1. The molecule has 1 fully saturated rings. The summed E-state index contributed by atoms with van der Waals surface area (Å²) in [6.07, 6.45) is 7.15. The van der Waals surface area contributed by atoms with Crippen LogP contribution in [0.3, 0.4) is 0 Å². The minimum absolute atomic E-state index is 0.0912. The van der Waals surface area contributed by atoms with Gasteiger partial charge >= 0.3 is 5.97 Å². The van der Waals surface area contributed by atoms with Gasteiger partial charge in [-0.3, -0.25) is 14.3 Å². The maximum atomic E-state index is 13.1. The van der Waals surface area contributed by atoms with Gasteiger partial charge in [0.2, 0.25) is 0 Å². The minimum Gasteiger partial charge on any atom is -0.481 e. The van der Waals surface area contributed by atoms with Gasteiger partial charge in [-0.2, -0.15) is 5.10 Å². The Morgan fingerprint density at radius 2 is 1.92 bits per heavy atom. The van der Waals surface area contributed by atoms with Gasteiger partial charge in [-0.1, -0.05) is 37.1 Å². The van der Waals surface area contributed by atoms with E-state index in [0.717, 1.165) is 30.4 Å². The van der Waals surface area contributed by atoms with Gasteiger partial charge in [-0.15, -0.1) is 0 Å². The fraction of sp³-hybridized carbons (Fsp3) is 0.450. The van der Waals surface area contributed by atoms with E-state index in [2.05, 4.69) is 5.10 Å². The molecule has 4 rings (SSSR count). The number of fused-ring (bicyclic) bond motifs is 1. The first-order valence-electron chi connectivity index (χ1n) is 9.29. The molecule has 2 aliphatic rings. The van der Waals surface area contributed by atoms with Crippen molar-refractivity contribution in [2.24, 2.45) is 0 Å². The summed E-state index contributed by atoms with van der Waals surface area (Å²) in [5, 5.41) is 13.9. The van der Waals surface area contributed by atoms with E-state index >= 15 is 0 Å². The Hall–Kier alpha value is -2.63. The second kappa shape index (κ2) is 6.94. The van der Waals surface area contributed by atoms with Crippen LogP contribution in [0, 0.1) is 0 Å². The second-order valence-corrected chi connectivity index (χ2v) is 7.18. The number of rotatable bonds is 4. The third-order valence-electron chi connectivity index (χ3n) is 5.57. The molecule has 26 heavy (non-hydrogen) atoms. The molecule has 1 aliphatic heterocycles. The summed E-state index contributed by atoms with van der Waals surface area (Å²) in [6, 6.07) is 9.50. The fourth-order valence-electron chi connectivity index (χ4n) is 4.25. The van der Waals surface area contributed by atoms with Gasteiger partial charge in [-0.25, -0.2) is 0 Å². The highest BCUT2D eigenvalue weighted by molar-refractivity contribution is 5.93. The lowest BCUT2D eigenvalue weighted by molar-refractivity contribution is -0.138. The topological polar surface area (TPSA) is 75.4 Å². The van der Waals surface area contributed by atoms with Gasteiger partial charge in [0.25, 0.3) is 5.91 Å². The van der Waals surface area contributed by atoms with Crippen molar-refractivity contribution in [1.82, 2.24) is 14.7 Å². The van der Waals surface area contributed by atoms with Crippen molar-refractivity contribution in [1.29, 1.82) is 0 Å². The normalized spacial score (nSPS) is 20.2. The zero-order valence-corrected chi connectivity index (χ0v) is 14.7. The standard InChI is InChI=1S/C20H23N3O3/c24-19(25)13-18-16-8-4-1-5-14(16)9-11-22(18)20(26)17-10-12-23(21-17)15-6-2-3-7-15/h1,4-5,8,10,12,15,18H,2-3,6-7,9,11,13H2,(H,24,25)/t18-/m1/s1. The number of hydrogen-bond acceptors (Lipinski definition) is 3. The summed E-state index contributed by atoms with van der Waals surface area (Å²) in [6.45, 7) is 0.518. The number of carboxylic acid groups (broad SMARTS) is 1. The van der Waals surface area contributed by atoms with Crippen LogP contribution in [0.2, 0.25) is 0 Å². The monoisotopic (exact) mass is 353 g/mol. The fourth-order valence-corrected chi connectivity index (χ4v) is 4.25. The summed E-state index contributed by atoms with van der Waals surface area (Å²) in [5.41, 5.74) is 2.47. The van der Waals surface area contributed by atoms with Gasteiger partial charge in [0.15, 0.2) is 0 Å². The molecule has 2 aromatic rings. The lowest BCUT2D eigenvalue weighted by atomic mass is 9.90. The maximum absolute atomic E-state index is 13.1. The van der Waals surface area contributed by atoms with Crippen LogP contribution in [0.15, 0.2) is 36.5 Å². The highest BCUT2D eigenvalue weighted by Gasteiger charge is 2.33. The third kappa shape index (κ3) is 3.11. The van der Waals surface area contributed by atoms with E-state index in [0.29, 0.717) is 18.3 Å². The molecule has 136 valence electrons. The molecule has 1 aliphatic carbocycles. The number of carbonyl (C=O) groups excluding carboxylic acids is 1. The Balaban J connectivity index is 1.61. The van der Waals surface area contributed by atoms with Crippen molar-refractivity contribution < 1.29 is 14.7 Å². The lowest BCUT2D eigenvalue weighted by Gasteiger charge is -2.36. The van der Waals surface area contributed by atoms with Crippen molar-refractivity contribution in [3.05, 3.63) is 53.3 Å². The Kier molecular flexibility index (Phi) is 4.49. The van der Waals surface area contributed by atoms with Crippen LogP contribution in [0.1, 0.15) is 65.8 Å². The van der Waals surface area contributed by atoms with Crippen molar-refractivity contribution in [3.63, 3.8) is 0 Å². The number of aliphatic carboxylic acids is 1. The summed E-state index contributed by atoms with van der Waals surface area (Å²) < 4.78 is 1.91. The molecule has 2 heterocycles. The molecule has 0 saturated heterocycles. The molecule has 1 N–H and O–H groups in total. The van der Waals surface area contributed by atoms with E-state index < -0.39 is 12.0 Å². The van der Waals surface area contributed by atoms with Crippen LogP contribution in [-0.4, -0.2) is 38.2 Å². The number of hydrogen-bond donors (Lipinski definition) is 1. The van der Waals surface area contributed by atoms with Crippen LogP contribution in [-0.2, 0) is 11.2 Å². The molecule has 0 spiro atoms.